The molecule has 0 aliphatic rings. The number of imidazole rings is 1. The summed E-state index contributed by atoms with van der Waals surface area (Å²) in [5.74, 6) is 2.58. The van der Waals surface area contributed by atoms with Gasteiger partial charge in [0.2, 0.25) is 6.33 Å². The van der Waals surface area contributed by atoms with Crippen LogP contribution in [0.25, 0.3) is 0 Å². The number of hydrogen-bond acceptors (Lipinski definition) is 1. The maximum atomic E-state index is 2.30. The van der Waals surface area contributed by atoms with E-state index < -0.39 is 0 Å². The fraction of sp³-hybridized carbons (Fsp3) is 0.864. The number of nitrogens with zero attached hydrogens (tertiary/aromatic N) is 2. The third-order valence-corrected chi connectivity index (χ3v) is 6.01. The van der Waals surface area contributed by atoms with Gasteiger partial charge in [-0.15, -0.1) is 0 Å². The Hall–Kier alpha value is 0.290. The second-order valence-corrected chi connectivity index (χ2v) is 8.75. The fourth-order valence-electron chi connectivity index (χ4n) is 3.30. The molecule has 0 radical (unpaired) electrons. The molecule has 0 bridgehead atoms. The molecule has 0 amide bonds. The summed E-state index contributed by atoms with van der Waals surface area (Å²) in [6.45, 7) is 3.44. The van der Waals surface area contributed by atoms with E-state index in [0.717, 1.165) is 6.54 Å². The summed E-state index contributed by atoms with van der Waals surface area (Å²) in [5, 5.41) is 0. The highest BCUT2D eigenvalue weighted by molar-refractivity contribution is 7.99. The normalized spacial score (nSPS) is 10.8. The molecular weight excluding hydrogens is 451 g/mol. The minimum Gasteiger partial charge on any atom is -1.00 e. The third-order valence-electron chi connectivity index (χ3n) is 4.96. The summed E-state index contributed by atoms with van der Waals surface area (Å²) in [4.78, 5) is 0. The number of aryl methyl sites for hydroxylation is 2. The number of aromatic nitrogens is 2. The van der Waals surface area contributed by atoms with E-state index in [9.17, 15) is 0 Å². The number of rotatable bonds is 18. The Morgan fingerprint density at radius 2 is 1.23 bits per heavy atom. The highest BCUT2D eigenvalue weighted by atomic mass is 127. The molecule has 0 spiro atoms. The third kappa shape index (κ3) is 16.5. The Bertz CT molecular complexity index is 395. The van der Waals surface area contributed by atoms with E-state index in [-0.39, 0.29) is 24.0 Å². The molecule has 1 rings (SSSR count). The van der Waals surface area contributed by atoms with Crippen LogP contribution in [0.1, 0.15) is 96.8 Å². The summed E-state index contributed by atoms with van der Waals surface area (Å²) < 4.78 is 4.39. The maximum Gasteiger partial charge on any atom is 0.243 e. The Balaban J connectivity index is 0.00000625. The van der Waals surface area contributed by atoms with Gasteiger partial charge in [0.15, 0.2) is 0 Å². The van der Waals surface area contributed by atoms with E-state index in [1.54, 1.807) is 0 Å². The molecule has 4 heteroatoms. The number of thioether (sulfide) groups is 1. The summed E-state index contributed by atoms with van der Waals surface area (Å²) in [5.41, 5.74) is 0. The molecule has 1 aromatic rings. The van der Waals surface area contributed by atoms with Crippen LogP contribution in [-0.2, 0) is 13.6 Å². The SMILES string of the molecule is CCCCCCCCCCCCCCCCSCCn1cc[n+](C)c1.[I-]. The molecule has 0 atom stereocenters. The minimum atomic E-state index is 0. The summed E-state index contributed by atoms with van der Waals surface area (Å²) in [6.07, 6.45) is 26.7. The maximum absolute atomic E-state index is 2.30. The van der Waals surface area contributed by atoms with Crippen LogP contribution >= 0.6 is 11.8 Å². The van der Waals surface area contributed by atoms with Crippen molar-refractivity contribution in [2.24, 2.45) is 7.05 Å². The number of halogens is 1. The summed E-state index contributed by atoms with van der Waals surface area (Å²) >= 11 is 2.11. The van der Waals surface area contributed by atoms with E-state index >= 15 is 0 Å². The van der Waals surface area contributed by atoms with Crippen molar-refractivity contribution in [1.82, 2.24) is 4.57 Å². The molecule has 2 nitrogen and oxygen atoms in total. The molecule has 0 aliphatic heterocycles. The van der Waals surface area contributed by atoms with Gasteiger partial charge in [-0.1, -0.05) is 90.4 Å². The first-order valence-electron chi connectivity index (χ1n) is 10.9. The van der Waals surface area contributed by atoms with Gasteiger partial charge in [-0.2, -0.15) is 11.8 Å². The second kappa shape index (κ2) is 20.0. The van der Waals surface area contributed by atoms with Gasteiger partial charge in [0.05, 0.1) is 13.6 Å². The predicted octanol–water partition coefficient (Wildman–Crippen LogP) is 3.53. The smallest absolute Gasteiger partial charge is 0.243 e. The largest absolute Gasteiger partial charge is 1.00 e. The zero-order valence-electron chi connectivity index (χ0n) is 17.4. The van der Waals surface area contributed by atoms with Crippen LogP contribution in [0.5, 0.6) is 0 Å². The molecule has 0 saturated carbocycles. The van der Waals surface area contributed by atoms with Crippen LogP contribution in [0, 0.1) is 0 Å². The average Bonchev–Trinajstić information content (AvgIpc) is 3.03. The quantitative estimate of drug-likeness (QED) is 0.172. The molecule has 26 heavy (non-hydrogen) atoms. The lowest BCUT2D eigenvalue weighted by atomic mass is 10.0. The molecule has 1 heterocycles. The molecule has 0 aliphatic carbocycles. The van der Waals surface area contributed by atoms with Crippen LogP contribution < -0.4 is 28.5 Å². The molecule has 1 aromatic heterocycles. The van der Waals surface area contributed by atoms with Crippen LogP contribution in [0.2, 0.25) is 0 Å². The van der Waals surface area contributed by atoms with Crippen LogP contribution in [0.3, 0.4) is 0 Å². The molecular formula is C22H43IN2S. The first kappa shape index (κ1) is 26.3. The van der Waals surface area contributed by atoms with Gasteiger partial charge in [0, 0.05) is 5.75 Å². The molecule has 0 unspecified atom stereocenters. The Morgan fingerprint density at radius 1 is 0.731 bits per heavy atom. The number of hydrogen-bond donors (Lipinski definition) is 0. The van der Waals surface area contributed by atoms with Crippen molar-refractivity contribution in [3.8, 4) is 0 Å². The molecule has 0 N–H and O–H groups in total. The van der Waals surface area contributed by atoms with Gasteiger partial charge < -0.3 is 24.0 Å². The lowest BCUT2D eigenvalue weighted by molar-refractivity contribution is -0.671. The van der Waals surface area contributed by atoms with Gasteiger partial charge in [0.1, 0.15) is 12.4 Å². The molecule has 0 saturated heterocycles. The van der Waals surface area contributed by atoms with Crippen LogP contribution in [0.4, 0.5) is 0 Å². The second-order valence-electron chi connectivity index (χ2n) is 7.53. The van der Waals surface area contributed by atoms with E-state index in [4.69, 9.17) is 0 Å². The fourth-order valence-corrected chi connectivity index (χ4v) is 4.26. The van der Waals surface area contributed by atoms with Crippen molar-refractivity contribution in [2.75, 3.05) is 11.5 Å². The van der Waals surface area contributed by atoms with E-state index in [1.807, 2.05) is 0 Å². The average molecular weight is 495 g/mol. The first-order chi connectivity index (χ1) is 12.3. The van der Waals surface area contributed by atoms with Crippen LogP contribution in [0.15, 0.2) is 18.7 Å². The zero-order chi connectivity index (χ0) is 18.0. The molecule has 154 valence electrons. The standard InChI is InChI=1S/C22H43N2S.HI/c1-3-4-5-6-7-8-9-10-11-12-13-14-15-16-20-25-21-19-24-18-17-23(2)22-24;/h17-18,22H,3-16,19-21H2,1-2H3;1H/q+1;/p-1. The van der Waals surface area contributed by atoms with E-state index in [0.29, 0.717) is 0 Å². The monoisotopic (exact) mass is 494 g/mol. The minimum absolute atomic E-state index is 0. The zero-order valence-corrected chi connectivity index (χ0v) is 20.4. The van der Waals surface area contributed by atoms with Crippen molar-refractivity contribution < 1.29 is 28.5 Å². The van der Waals surface area contributed by atoms with Crippen molar-refractivity contribution >= 4 is 11.8 Å². The lowest BCUT2D eigenvalue weighted by Gasteiger charge is -2.03. The number of unbranched alkanes of at least 4 members (excludes halogenated alkanes) is 13. The Kier molecular flexibility index (Phi) is 20.3. The Morgan fingerprint density at radius 3 is 1.69 bits per heavy atom. The van der Waals surface area contributed by atoms with Gasteiger partial charge in [-0.05, 0) is 12.2 Å². The Labute approximate surface area is 184 Å². The van der Waals surface area contributed by atoms with Gasteiger partial charge in [0.25, 0.3) is 0 Å². The summed E-state index contributed by atoms with van der Waals surface area (Å²) in [7, 11) is 2.08. The molecule has 0 aromatic carbocycles. The van der Waals surface area contributed by atoms with Crippen molar-refractivity contribution in [2.45, 2.75) is 103 Å². The first-order valence-corrected chi connectivity index (χ1v) is 12.1. The van der Waals surface area contributed by atoms with Crippen molar-refractivity contribution in [3.05, 3.63) is 18.7 Å². The van der Waals surface area contributed by atoms with Gasteiger partial charge in [-0.25, -0.2) is 9.13 Å². The topological polar surface area (TPSA) is 8.81 Å². The van der Waals surface area contributed by atoms with Gasteiger partial charge in [-0.3, -0.25) is 0 Å². The van der Waals surface area contributed by atoms with E-state index in [1.165, 1.54) is 101 Å². The molecule has 0 fully saturated rings. The lowest BCUT2D eigenvalue weighted by Crippen LogP contribution is -3.00. The highest BCUT2D eigenvalue weighted by Crippen LogP contribution is 2.14. The van der Waals surface area contributed by atoms with Crippen molar-refractivity contribution in [1.29, 1.82) is 0 Å². The van der Waals surface area contributed by atoms with Crippen molar-refractivity contribution in [3.63, 3.8) is 0 Å². The summed E-state index contributed by atoms with van der Waals surface area (Å²) in [6, 6.07) is 0. The van der Waals surface area contributed by atoms with E-state index in [2.05, 4.69) is 53.6 Å². The van der Waals surface area contributed by atoms with Crippen LogP contribution in [-0.4, -0.2) is 16.1 Å². The van der Waals surface area contributed by atoms with Gasteiger partial charge >= 0.3 is 0 Å². The predicted molar refractivity (Wildman–Crippen MR) is 113 cm³/mol. The highest BCUT2D eigenvalue weighted by Gasteiger charge is 1.99.